The van der Waals surface area contributed by atoms with Crippen molar-refractivity contribution in [1.82, 2.24) is 10.2 Å². The van der Waals surface area contributed by atoms with Crippen molar-refractivity contribution in [3.8, 4) is 11.5 Å². The van der Waals surface area contributed by atoms with E-state index >= 15 is 0 Å². The summed E-state index contributed by atoms with van der Waals surface area (Å²) < 4.78 is 11.0. The van der Waals surface area contributed by atoms with Gasteiger partial charge in [-0.3, -0.25) is 9.59 Å². The maximum absolute atomic E-state index is 12.1. The molecule has 9 heteroatoms. The van der Waals surface area contributed by atoms with Crippen LogP contribution in [0.25, 0.3) is 0 Å². The molecule has 0 bridgehead atoms. The van der Waals surface area contributed by atoms with Crippen LogP contribution in [0.2, 0.25) is 0 Å². The second-order valence-corrected chi connectivity index (χ2v) is 7.09. The highest BCUT2D eigenvalue weighted by Crippen LogP contribution is 2.32. The molecule has 142 valence electrons. The van der Waals surface area contributed by atoms with E-state index in [1.807, 2.05) is 0 Å². The van der Waals surface area contributed by atoms with Crippen LogP contribution in [0.15, 0.2) is 35.4 Å². The topological polar surface area (TPSA) is 102 Å². The molecule has 0 saturated carbocycles. The van der Waals surface area contributed by atoms with Crippen LogP contribution in [0.5, 0.6) is 11.5 Å². The van der Waals surface area contributed by atoms with Crippen LogP contribution in [0.1, 0.15) is 13.8 Å². The fourth-order valence-electron chi connectivity index (χ4n) is 2.19. The number of carbonyl (C=O) groups is 2. The number of amides is 2. The van der Waals surface area contributed by atoms with Crippen molar-refractivity contribution in [2.45, 2.75) is 18.9 Å². The summed E-state index contributed by atoms with van der Waals surface area (Å²) in [5.41, 5.74) is 0.641. The molecule has 0 aliphatic carbocycles. The molecular weight excluding hydrogens is 368 g/mol. The van der Waals surface area contributed by atoms with Gasteiger partial charge in [-0.25, -0.2) is 0 Å². The molecule has 0 radical (unpaired) electrons. The molecule has 8 nitrogen and oxygen atoms in total. The first-order valence-corrected chi connectivity index (χ1v) is 9.47. The van der Waals surface area contributed by atoms with Crippen molar-refractivity contribution < 1.29 is 19.1 Å². The molecule has 2 aromatic rings. The Bertz CT molecular complexity index is 827. The van der Waals surface area contributed by atoms with Crippen LogP contribution >= 0.6 is 11.8 Å². The van der Waals surface area contributed by atoms with Crippen molar-refractivity contribution in [2.24, 2.45) is 5.92 Å². The van der Waals surface area contributed by atoms with Crippen LogP contribution in [0, 0.1) is 5.92 Å². The van der Waals surface area contributed by atoms with Gasteiger partial charge in [0.15, 0.2) is 17.3 Å². The minimum Gasteiger partial charge on any atom is -0.486 e. The summed E-state index contributed by atoms with van der Waals surface area (Å²) in [6.45, 7) is 4.61. The molecule has 0 fully saturated rings. The summed E-state index contributed by atoms with van der Waals surface area (Å²) in [4.78, 5) is 23.8. The molecule has 27 heavy (non-hydrogen) atoms. The van der Waals surface area contributed by atoms with Gasteiger partial charge in [0.25, 0.3) is 0 Å². The molecule has 2 N–H and O–H groups in total. The third-order valence-electron chi connectivity index (χ3n) is 3.59. The lowest BCUT2D eigenvalue weighted by Crippen LogP contribution is -2.18. The minimum absolute atomic E-state index is 0.122. The largest absolute Gasteiger partial charge is 0.486 e. The lowest BCUT2D eigenvalue weighted by atomic mass is 10.2. The molecule has 2 heterocycles. The normalized spacial score (nSPS) is 12.6. The van der Waals surface area contributed by atoms with E-state index in [9.17, 15) is 9.59 Å². The van der Waals surface area contributed by atoms with Crippen LogP contribution < -0.4 is 20.1 Å². The number of thioether (sulfide) groups is 1. The van der Waals surface area contributed by atoms with Crippen molar-refractivity contribution in [3.05, 3.63) is 30.3 Å². The molecule has 0 unspecified atom stereocenters. The summed E-state index contributed by atoms with van der Waals surface area (Å²) in [6.07, 6.45) is 0. The van der Waals surface area contributed by atoms with Crippen LogP contribution in [0.4, 0.5) is 11.5 Å². The van der Waals surface area contributed by atoms with Crippen LogP contribution in [-0.2, 0) is 9.59 Å². The van der Waals surface area contributed by atoms with Gasteiger partial charge in [0.05, 0.1) is 5.75 Å². The molecule has 0 spiro atoms. The van der Waals surface area contributed by atoms with Crippen molar-refractivity contribution in [3.63, 3.8) is 0 Å². The Morgan fingerprint density at radius 2 is 1.85 bits per heavy atom. The minimum atomic E-state index is -0.171. The quantitative estimate of drug-likeness (QED) is 0.733. The van der Waals surface area contributed by atoms with E-state index in [0.29, 0.717) is 41.2 Å². The predicted molar refractivity (Wildman–Crippen MR) is 102 cm³/mol. The summed E-state index contributed by atoms with van der Waals surface area (Å²) in [7, 11) is 0. The third-order valence-corrected chi connectivity index (χ3v) is 4.51. The van der Waals surface area contributed by atoms with E-state index in [-0.39, 0.29) is 23.5 Å². The highest BCUT2D eigenvalue weighted by Gasteiger charge is 2.13. The molecule has 1 aliphatic rings. The molecule has 0 saturated heterocycles. The first kappa shape index (κ1) is 19.0. The Labute approximate surface area is 161 Å². The number of carbonyl (C=O) groups excluding carboxylic acids is 2. The Kier molecular flexibility index (Phi) is 6.12. The van der Waals surface area contributed by atoms with Gasteiger partial charge in [-0.15, -0.1) is 10.2 Å². The average Bonchev–Trinajstić information content (AvgIpc) is 2.67. The highest BCUT2D eigenvalue weighted by atomic mass is 32.2. The highest BCUT2D eigenvalue weighted by molar-refractivity contribution is 7.99. The maximum Gasteiger partial charge on any atom is 0.234 e. The Morgan fingerprint density at radius 1 is 1.07 bits per heavy atom. The second-order valence-electron chi connectivity index (χ2n) is 6.10. The molecule has 1 aliphatic heterocycles. The number of nitrogens with one attached hydrogen (secondary N) is 2. The number of anilines is 2. The number of ether oxygens (including phenoxy) is 2. The van der Waals surface area contributed by atoms with Crippen molar-refractivity contribution >= 4 is 35.1 Å². The van der Waals surface area contributed by atoms with Gasteiger partial charge in [-0.05, 0) is 24.3 Å². The van der Waals surface area contributed by atoms with Gasteiger partial charge in [-0.2, -0.15) is 0 Å². The van der Waals surface area contributed by atoms with E-state index in [4.69, 9.17) is 9.47 Å². The van der Waals surface area contributed by atoms with Gasteiger partial charge in [0, 0.05) is 17.7 Å². The Hall–Kier alpha value is -2.81. The van der Waals surface area contributed by atoms with E-state index < -0.39 is 0 Å². The predicted octanol–water partition coefficient (Wildman–Crippen LogP) is 2.57. The summed E-state index contributed by atoms with van der Waals surface area (Å²) in [6, 6.07) is 8.65. The lowest BCUT2D eigenvalue weighted by Gasteiger charge is -2.18. The monoisotopic (exact) mass is 388 g/mol. The zero-order valence-electron chi connectivity index (χ0n) is 15.0. The zero-order chi connectivity index (χ0) is 19.2. The molecule has 0 atom stereocenters. The molecular formula is C18H20N4O4S. The fourth-order valence-corrected chi connectivity index (χ4v) is 2.81. The van der Waals surface area contributed by atoms with Crippen LogP contribution in [0.3, 0.4) is 0 Å². The second kappa shape index (κ2) is 8.72. The van der Waals surface area contributed by atoms with Gasteiger partial charge in [-0.1, -0.05) is 25.6 Å². The van der Waals surface area contributed by atoms with Gasteiger partial charge >= 0.3 is 0 Å². The number of fused-ring (bicyclic) bond motifs is 1. The number of hydrogen-bond acceptors (Lipinski definition) is 7. The average molecular weight is 388 g/mol. The molecule has 1 aromatic heterocycles. The smallest absolute Gasteiger partial charge is 0.234 e. The Morgan fingerprint density at radius 3 is 2.56 bits per heavy atom. The fraction of sp³-hybridized carbons (Fsp3) is 0.333. The third kappa shape index (κ3) is 5.33. The van der Waals surface area contributed by atoms with E-state index in [1.165, 1.54) is 11.8 Å². The summed E-state index contributed by atoms with van der Waals surface area (Å²) in [5, 5.41) is 14.0. The van der Waals surface area contributed by atoms with Crippen molar-refractivity contribution in [1.29, 1.82) is 0 Å². The first-order valence-electron chi connectivity index (χ1n) is 8.48. The molecule has 1 aromatic carbocycles. The van der Waals surface area contributed by atoms with Gasteiger partial charge in [0.1, 0.15) is 18.2 Å². The standard InChI is InChI=1S/C18H20N4O4S/c1-11(2)18(24)20-15-5-6-17(22-21-15)27-10-16(23)19-12-3-4-13-14(9-12)26-8-7-25-13/h3-6,9,11H,7-8,10H2,1-2H3,(H,19,23)(H,20,21,24). The number of hydrogen-bond donors (Lipinski definition) is 2. The first-order chi connectivity index (χ1) is 13.0. The number of benzene rings is 1. The maximum atomic E-state index is 12.1. The number of rotatable bonds is 6. The lowest BCUT2D eigenvalue weighted by molar-refractivity contribution is -0.119. The van der Waals surface area contributed by atoms with E-state index in [0.717, 1.165) is 0 Å². The summed E-state index contributed by atoms with van der Waals surface area (Å²) >= 11 is 1.26. The Balaban J connectivity index is 1.49. The molecule has 3 rings (SSSR count). The van der Waals surface area contributed by atoms with Crippen molar-refractivity contribution in [2.75, 3.05) is 29.6 Å². The van der Waals surface area contributed by atoms with Gasteiger partial charge in [0.2, 0.25) is 11.8 Å². The number of aromatic nitrogens is 2. The van der Waals surface area contributed by atoms with E-state index in [2.05, 4.69) is 20.8 Å². The van der Waals surface area contributed by atoms with Crippen LogP contribution in [-0.4, -0.2) is 41.0 Å². The zero-order valence-corrected chi connectivity index (χ0v) is 15.8. The van der Waals surface area contributed by atoms with E-state index in [1.54, 1.807) is 44.2 Å². The SMILES string of the molecule is CC(C)C(=O)Nc1ccc(SCC(=O)Nc2ccc3c(c2)OCCO3)nn1. The van der Waals surface area contributed by atoms with Gasteiger partial charge < -0.3 is 20.1 Å². The summed E-state index contributed by atoms with van der Waals surface area (Å²) in [5.74, 6) is 1.44. The number of nitrogens with zero attached hydrogens (tertiary/aromatic N) is 2. The molecule has 2 amide bonds.